The zero-order valence-corrected chi connectivity index (χ0v) is 14.7. The summed E-state index contributed by atoms with van der Waals surface area (Å²) in [6.07, 6.45) is 2.28. The van der Waals surface area contributed by atoms with Crippen molar-refractivity contribution in [1.82, 2.24) is 4.90 Å². The van der Waals surface area contributed by atoms with Crippen LogP contribution in [0.3, 0.4) is 0 Å². The number of amides is 1. The van der Waals surface area contributed by atoms with E-state index in [9.17, 15) is 4.79 Å². The molecular formula is C19H28N2O2. The Kier molecular flexibility index (Phi) is 6.20. The molecule has 0 saturated heterocycles. The van der Waals surface area contributed by atoms with Gasteiger partial charge in [-0.05, 0) is 24.8 Å². The standard InChI is InChI=1S/C19H28N2O2/c1-5-10-21(19(22)11-14(2)3)13-16-12-18(20-23-16)17-9-7-6-8-15(17)4/h6-9,14,16H,5,10-13H2,1-4H3/t16-/m1/s1. The van der Waals surface area contributed by atoms with Gasteiger partial charge in [-0.3, -0.25) is 4.79 Å². The highest BCUT2D eigenvalue weighted by Crippen LogP contribution is 2.20. The average molecular weight is 316 g/mol. The maximum absolute atomic E-state index is 12.4. The third kappa shape index (κ3) is 4.81. The smallest absolute Gasteiger partial charge is 0.222 e. The maximum atomic E-state index is 12.4. The van der Waals surface area contributed by atoms with Gasteiger partial charge >= 0.3 is 0 Å². The minimum absolute atomic E-state index is 0.0349. The summed E-state index contributed by atoms with van der Waals surface area (Å²) in [5, 5.41) is 4.26. The van der Waals surface area contributed by atoms with Crippen LogP contribution in [0, 0.1) is 12.8 Å². The van der Waals surface area contributed by atoms with Gasteiger partial charge < -0.3 is 9.74 Å². The van der Waals surface area contributed by atoms with E-state index in [4.69, 9.17) is 4.84 Å². The molecule has 1 aliphatic rings. The molecule has 0 aliphatic carbocycles. The van der Waals surface area contributed by atoms with Gasteiger partial charge in [0.05, 0.1) is 12.3 Å². The molecule has 0 N–H and O–H groups in total. The number of carbonyl (C=O) groups is 1. The second kappa shape index (κ2) is 8.14. The first-order valence-electron chi connectivity index (χ1n) is 8.57. The summed E-state index contributed by atoms with van der Waals surface area (Å²) in [5.74, 6) is 0.597. The highest BCUT2D eigenvalue weighted by atomic mass is 16.6. The van der Waals surface area contributed by atoms with Crippen molar-refractivity contribution in [2.75, 3.05) is 13.1 Å². The normalized spacial score (nSPS) is 17.1. The zero-order valence-electron chi connectivity index (χ0n) is 14.7. The number of oxime groups is 1. The topological polar surface area (TPSA) is 41.9 Å². The van der Waals surface area contributed by atoms with Crippen LogP contribution in [0.25, 0.3) is 0 Å². The molecule has 4 nitrogen and oxygen atoms in total. The van der Waals surface area contributed by atoms with E-state index in [1.165, 1.54) is 5.56 Å². The van der Waals surface area contributed by atoms with E-state index in [-0.39, 0.29) is 12.0 Å². The predicted molar refractivity (Wildman–Crippen MR) is 93.5 cm³/mol. The molecule has 0 aromatic heterocycles. The third-order valence-electron chi connectivity index (χ3n) is 4.04. The van der Waals surface area contributed by atoms with E-state index in [1.54, 1.807) is 0 Å². The fourth-order valence-electron chi connectivity index (χ4n) is 2.89. The van der Waals surface area contributed by atoms with Crippen LogP contribution in [0.15, 0.2) is 29.4 Å². The summed E-state index contributed by atoms with van der Waals surface area (Å²) < 4.78 is 0. The van der Waals surface area contributed by atoms with Gasteiger partial charge in [0, 0.05) is 24.9 Å². The van der Waals surface area contributed by atoms with Crippen molar-refractivity contribution < 1.29 is 9.63 Å². The monoisotopic (exact) mass is 316 g/mol. The molecule has 126 valence electrons. The molecule has 23 heavy (non-hydrogen) atoms. The molecule has 1 aliphatic heterocycles. The Hall–Kier alpha value is -1.84. The molecular weight excluding hydrogens is 288 g/mol. The summed E-state index contributed by atoms with van der Waals surface area (Å²) >= 11 is 0. The molecule has 1 amide bonds. The minimum Gasteiger partial charge on any atom is -0.390 e. The van der Waals surface area contributed by atoms with Crippen LogP contribution in [-0.4, -0.2) is 35.7 Å². The van der Waals surface area contributed by atoms with E-state index in [0.29, 0.717) is 18.9 Å². The molecule has 1 heterocycles. The molecule has 1 atom stereocenters. The second-order valence-electron chi connectivity index (χ2n) is 6.72. The first kappa shape index (κ1) is 17.5. The lowest BCUT2D eigenvalue weighted by atomic mass is 10.00. The van der Waals surface area contributed by atoms with Gasteiger partial charge in [0.15, 0.2) is 6.10 Å². The summed E-state index contributed by atoms with van der Waals surface area (Å²) in [6.45, 7) is 9.74. The van der Waals surface area contributed by atoms with Gasteiger partial charge in [0.2, 0.25) is 5.91 Å². The summed E-state index contributed by atoms with van der Waals surface area (Å²) in [4.78, 5) is 19.9. The van der Waals surface area contributed by atoms with Crippen LogP contribution < -0.4 is 0 Å². The van der Waals surface area contributed by atoms with Crippen LogP contribution in [0.5, 0.6) is 0 Å². The van der Waals surface area contributed by atoms with E-state index in [1.807, 2.05) is 17.0 Å². The van der Waals surface area contributed by atoms with Gasteiger partial charge in [-0.25, -0.2) is 0 Å². The van der Waals surface area contributed by atoms with Crippen LogP contribution in [0.4, 0.5) is 0 Å². The Morgan fingerprint density at radius 2 is 2.13 bits per heavy atom. The van der Waals surface area contributed by atoms with E-state index >= 15 is 0 Å². The fourth-order valence-corrected chi connectivity index (χ4v) is 2.89. The van der Waals surface area contributed by atoms with Crippen LogP contribution in [0.2, 0.25) is 0 Å². The fraction of sp³-hybridized carbons (Fsp3) is 0.579. The lowest BCUT2D eigenvalue weighted by Crippen LogP contribution is -2.38. The Morgan fingerprint density at radius 3 is 2.78 bits per heavy atom. The van der Waals surface area contributed by atoms with E-state index < -0.39 is 0 Å². The molecule has 0 unspecified atom stereocenters. The number of hydrogen-bond donors (Lipinski definition) is 0. The molecule has 1 aromatic carbocycles. The number of hydrogen-bond acceptors (Lipinski definition) is 3. The average Bonchev–Trinajstić information content (AvgIpc) is 2.95. The van der Waals surface area contributed by atoms with Gasteiger partial charge in [-0.15, -0.1) is 0 Å². The van der Waals surface area contributed by atoms with Crippen LogP contribution in [0.1, 0.15) is 51.2 Å². The van der Waals surface area contributed by atoms with Crippen LogP contribution >= 0.6 is 0 Å². The lowest BCUT2D eigenvalue weighted by molar-refractivity contribution is -0.133. The summed E-state index contributed by atoms with van der Waals surface area (Å²) in [6, 6.07) is 8.21. The SMILES string of the molecule is CCCN(C[C@H]1CC(c2ccccc2C)=NO1)C(=O)CC(C)C. The number of aryl methyl sites for hydroxylation is 1. The minimum atomic E-state index is -0.0349. The number of rotatable bonds is 7. The van der Waals surface area contributed by atoms with Gasteiger partial charge in [-0.1, -0.05) is 50.2 Å². The van der Waals surface area contributed by atoms with Gasteiger partial charge in [0.1, 0.15) is 0 Å². The lowest BCUT2D eigenvalue weighted by Gasteiger charge is -2.25. The first-order valence-corrected chi connectivity index (χ1v) is 8.57. The van der Waals surface area contributed by atoms with Crippen molar-refractivity contribution >= 4 is 11.6 Å². The van der Waals surface area contributed by atoms with Gasteiger partial charge in [0.25, 0.3) is 0 Å². The molecule has 0 bridgehead atoms. The van der Waals surface area contributed by atoms with Crippen molar-refractivity contribution in [2.45, 2.75) is 53.1 Å². The van der Waals surface area contributed by atoms with E-state index in [0.717, 1.165) is 30.7 Å². The molecule has 0 fully saturated rings. The Morgan fingerprint density at radius 1 is 1.39 bits per heavy atom. The third-order valence-corrected chi connectivity index (χ3v) is 4.04. The van der Waals surface area contributed by atoms with E-state index in [2.05, 4.69) is 45.0 Å². The molecule has 4 heteroatoms. The largest absolute Gasteiger partial charge is 0.390 e. The highest BCUT2D eigenvalue weighted by Gasteiger charge is 2.27. The molecule has 0 spiro atoms. The maximum Gasteiger partial charge on any atom is 0.222 e. The Bertz CT molecular complexity index is 566. The highest BCUT2D eigenvalue weighted by molar-refractivity contribution is 6.02. The Labute approximate surface area is 139 Å². The molecule has 2 rings (SSSR count). The van der Waals surface area contributed by atoms with Crippen molar-refractivity contribution in [1.29, 1.82) is 0 Å². The zero-order chi connectivity index (χ0) is 16.8. The number of nitrogens with zero attached hydrogens (tertiary/aromatic N) is 2. The number of benzene rings is 1. The predicted octanol–water partition coefficient (Wildman–Crippen LogP) is 3.77. The molecule has 0 radical (unpaired) electrons. The second-order valence-corrected chi connectivity index (χ2v) is 6.72. The van der Waals surface area contributed by atoms with Crippen molar-refractivity contribution in [3.8, 4) is 0 Å². The number of carbonyl (C=O) groups excluding carboxylic acids is 1. The summed E-state index contributed by atoms with van der Waals surface area (Å²) in [7, 11) is 0. The van der Waals surface area contributed by atoms with Crippen LogP contribution in [-0.2, 0) is 9.63 Å². The van der Waals surface area contributed by atoms with Crippen molar-refractivity contribution in [2.24, 2.45) is 11.1 Å². The first-order chi connectivity index (χ1) is 11.0. The molecule has 1 aromatic rings. The molecule has 0 saturated carbocycles. The van der Waals surface area contributed by atoms with Crippen molar-refractivity contribution in [3.63, 3.8) is 0 Å². The van der Waals surface area contributed by atoms with Gasteiger partial charge in [-0.2, -0.15) is 0 Å². The summed E-state index contributed by atoms with van der Waals surface area (Å²) in [5.41, 5.74) is 3.34. The quantitative estimate of drug-likeness (QED) is 0.768. The Balaban J connectivity index is 1.96. The van der Waals surface area contributed by atoms with Crippen molar-refractivity contribution in [3.05, 3.63) is 35.4 Å².